The smallest absolute Gasteiger partial charge is 0.0654 e. The van der Waals surface area contributed by atoms with Gasteiger partial charge in [0, 0.05) is 0 Å². The van der Waals surface area contributed by atoms with Crippen molar-refractivity contribution in [2.24, 2.45) is 0 Å². The molecule has 0 atom stereocenters. The Bertz CT molecular complexity index is 1620. The van der Waals surface area contributed by atoms with Gasteiger partial charge in [-0.3, -0.25) is 0 Å². The summed E-state index contributed by atoms with van der Waals surface area (Å²) >= 11 is -6.01. The van der Waals surface area contributed by atoms with Crippen LogP contribution in [-0.2, 0) is 31.5 Å². The first-order valence-corrected chi connectivity index (χ1v) is 43.2. The molecule has 0 amide bonds. The van der Waals surface area contributed by atoms with Crippen molar-refractivity contribution in [1.29, 1.82) is 0 Å². The van der Waals surface area contributed by atoms with Gasteiger partial charge in [-0.25, -0.2) is 0 Å². The average Bonchev–Trinajstić information content (AvgIpc) is 3.68. The molecule has 0 aliphatic rings. The zero-order chi connectivity index (χ0) is 65.9. The second kappa shape index (κ2) is 61.8. The van der Waals surface area contributed by atoms with Crippen molar-refractivity contribution in [3.05, 3.63) is 44.6 Å². The molecule has 0 saturated carbocycles. The summed E-state index contributed by atoms with van der Waals surface area (Å²) in [4.78, 5) is 55.6. The molecule has 9 heteroatoms. The summed E-state index contributed by atoms with van der Waals surface area (Å²) in [6.45, 7) is 27.4. The van der Waals surface area contributed by atoms with E-state index in [4.69, 9.17) is 12.3 Å². The van der Waals surface area contributed by atoms with Crippen LogP contribution in [0.25, 0.3) is 0 Å². The van der Waals surface area contributed by atoms with Gasteiger partial charge in [0.25, 0.3) is 0 Å². The third-order valence-electron chi connectivity index (χ3n) is 19.2. The van der Waals surface area contributed by atoms with Crippen LogP contribution in [0.5, 0.6) is 0 Å². The molecule has 0 heterocycles. The van der Waals surface area contributed by atoms with E-state index in [1.807, 2.05) is 0 Å². The van der Waals surface area contributed by atoms with Gasteiger partial charge < -0.3 is 0 Å². The Labute approximate surface area is 559 Å². The minimum atomic E-state index is -6.01. The molecule has 0 N–H and O–H groups in total. The number of allylic oxidation sites excluding steroid dienone is 8. The van der Waals surface area contributed by atoms with Crippen molar-refractivity contribution in [2.75, 3.05) is 0 Å². The van der Waals surface area contributed by atoms with Gasteiger partial charge in [0.15, 0.2) is 0 Å². The summed E-state index contributed by atoms with van der Waals surface area (Å²) in [6.07, 6.45) is 59.5. The Morgan fingerprint density at radius 3 is 0.427 bits per heavy atom. The average molecular weight is 1360 g/mol. The summed E-state index contributed by atoms with van der Waals surface area (Å²) in [5, 5.41) is 0. The van der Waals surface area contributed by atoms with Gasteiger partial charge >= 0.3 is 381 Å². The quantitative estimate of drug-likeness (QED) is 0.0337. The molecule has 520 valence electrons. The van der Waals surface area contributed by atoms with Crippen LogP contribution in [0, 0.1) is 0 Å². The van der Waals surface area contributed by atoms with E-state index in [0.29, 0.717) is 25.7 Å². The fourth-order valence-electron chi connectivity index (χ4n) is 12.0. The first kappa shape index (κ1) is 86.6. The van der Waals surface area contributed by atoms with Gasteiger partial charge in [-0.1, -0.05) is 156 Å². The van der Waals surface area contributed by atoms with E-state index in [1.165, 1.54) is 224 Å². The predicted molar refractivity (Wildman–Crippen MR) is 385 cm³/mol. The maximum absolute atomic E-state index is 13.9. The zero-order valence-corrected chi connectivity index (χ0v) is 64.2. The molecule has 0 aliphatic heterocycles. The third-order valence-corrected chi connectivity index (χ3v) is 24.7. The topological polar surface area (TPSA) is 105 Å². The zero-order valence-electron chi connectivity index (χ0n) is 61.4. The molecule has 0 aromatic heterocycles. The van der Waals surface area contributed by atoms with E-state index in [0.717, 1.165) is 128 Å². The van der Waals surface area contributed by atoms with Crippen LogP contribution < -0.4 is 0 Å². The first-order chi connectivity index (χ1) is 43.0. The second-order valence-corrected chi connectivity index (χ2v) is 33.0. The van der Waals surface area contributed by atoms with Crippen molar-refractivity contribution < 1.29 is 31.5 Å². The minimum Gasteiger partial charge on any atom is -0.0654 e. The van der Waals surface area contributed by atoms with Gasteiger partial charge in [0.1, 0.15) is 0 Å². The molecule has 0 aromatic rings. The normalized spacial score (nSPS) is 13.0. The molecule has 0 unspecified atom stereocenters. The van der Waals surface area contributed by atoms with E-state index < -0.39 is 43.9 Å². The molecule has 0 spiro atoms. The van der Waals surface area contributed by atoms with E-state index in [9.17, 15) is 19.2 Å². The van der Waals surface area contributed by atoms with Crippen molar-refractivity contribution in [1.82, 2.24) is 0 Å². The Hall–Kier alpha value is -2.36. The molecule has 0 bridgehead atoms. The molecule has 8 nitrogen and oxygen atoms in total. The minimum absolute atomic E-state index is 0.0648. The van der Waals surface area contributed by atoms with Crippen LogP contribution in [0.4, 0.5) is 0 Å². The second-order valence-electron chi connectivity index (χ2n) is 27.8. The standard InChI is InChI=1S/4C20H38O2.Sn/c4*1-4-5-6-7-9-12-15-18(2)19(3)16-13-10-8-11-14-17-20(21)22;/h4*4-17H2,1-3H3,(H,21,22);/q;;;;+4/p-4/b4*19-18-;. The molecule has 0 radical (unpaired) electrons. The summed E-state index contributed by atoms with van der Waals surface area (Å²) in [6, 6.07) is 0. The fraction of sp³-hybridized carbons (Fsp3) is 0.850. The van der Waals surface area contributed by atoms with Crippen LogP contribution >= 0.6 is 0 Å². The van der Waals surface area contributed by atoms with Gasteiger partial charge in [0.2, 0.25) is 0 Å². The molecular weight excluding hydrogens is 1210 g/mol. The molecule has 0 aliphatic carbocycles. The van der Waals surface area contributed by atoms with Crippen LogP contribution in [0.1, 0.15) is 443 Å². The predicted octanol–water partition coefficient (Wildman–Crippen LogP) is 26.9. The van der Waals surface area contributed by atoms with Crippen molar-refractivity contribution >= 4 is 43.9 Å². The van der Waals surface area contributed by atoms with Crippen LogP contribution in [0.15, 0.2) is 44.6 Å². The Kier molecular flexibility index (Phi) is 60.2. The summed E-state index contributed by atoms with van der Waals surface area (Å²) in [7, 11) is 0. The van der Waals surface area contributed by atoms with Crippen LogP contribution in [-0.4, -0.2) is 43.9 Å². The maximum atomic E-state index is 13.9. The number of unbranched alkanes of at least 4 members (excludes halogenated alkanes) is 36. The number of rotatable bonds is 64. The Morgan fingerprint density at radius 1 is 0.180 bits per heavy atom. The Balaban J connectivity index is 6.00. The molecule has 0 rings (SSSR count). The van der Waals surface area contributed by atoms with Crippen molar-refractivity contribution in [3.8, 4) is 0 Å². The molecule has 0 saturated heterocycles. The van der Waals surface area contributed by atoms with Gasteiger partial charge in [-0.05, 0) is 25.7 Å². The number of hydrogen-bond acceptors (Lipinski definition) is 8. The first-order valence-electron chi connectivity index (χ1n) is 38.5. The number of carbonyl (C=O) groups is 4. The van der Waals surface area contributed by atoms with E-state index in [-0.39, 0.29) is 25.7 Å². The van der Waals surface area contributed by atoms with E-state index >= 15 is 0 Å². The van der Waals surface area contributed by atoms with Crippen LogP contribution in [0.2, 0.25) is 0 Å². The Morgan fingerprint density at radius 2 is 0.292 bits per heavy atom. The van der Waals surface area contributed by atoms with Crippen molar-refractivity contribution in [2.45, 2.75) is 443 Å². The van der Waals surface area contributed by atoms with Gasteiger partial charge in [-0.2, -0.15) is 0 Å². The molecule has 0 fully saturated rings. The summed E-state index contributed by atoms with van der Waals surface area (Å²) in [5.41, 5.74) is 12.2. The van der Waals surface area contributed by atoms with Gasteiger partial charge in [0.05, 0.1) is 0 Å². The van der Waals surface area contributed by atoms with Gasteiger partial charge in [-0.15, -0.1) is 0 Å². The third kappa shape index (κ3) is 53.7. The SMILES string of the molecule is CCCCCCCC/C(C)=C(/C)CCCCCCCC(=O)[O][Sn]([O]C(=O)CCCCCCC/C(C)=C(/C)CCCCCCCC)([O]C(=O)CCCCCCC/C(C)=C(/C)CCCCCCCC)[O]C(=O)CCCCCCC/C(C)=C(/C)CCCCCCCC. The molecule has 0 aromatic carbocycles. The number of carbonyl (C=O) groups excluding carboxylic acids is 4. The molecule has 89 heavy (non-hydrogen) atoms. The summed E-state index contributed by atoms with van der Waals surface area (Å²) in [5.74, 6) is -2.54. The van der Waals surface area contributed by atoms with E-state index in [1.54, 1.807) is 0 Å². The van der Waals surface area contributed by atoms with Crippen LogP contribution in [0.3, 0.4) is 0 Å². The summed E-state index contributed by atoms with van der Waals surface area (Å²) < 4.78 is 24.2. The molecular formula is C80H148O8Sn. The monoisotopic (exact) mass is 1360 g/mol. The fourth-order valence-corrected chi connectivity index (χ4v) is 17.1. The number of hydrogen-bond donors (Lipinski definition) is 0. The van der Waals surface area contributed by atoms with Crippen molar-refractivity contribution in [3.63, 3.8) is 0 Å². The van der Waals surface area contributed by atoms with E-state index in [2.05, 4.69) is 83.1 Å².